The van der Waals surface area contributed by atoms with Gasteiger partial charge in [0.2, 0.25) is 5.91 Å². The molecule has 2 aromatic carbocycles. The van der Waals surface area contributed by atoms with Gasteiger partial charge in [-0.2, -0.15) is 13.2 Å². The zero-order chi connectivity index (χ0) is 21.1. The number of likely N-dealkylation sites (N-methyl/N-ethyl adjacent to an activating group) is 1. The summed E-state index contributed by atoms with van der Waals surface area (Å²) in [6.45, 7) is 0.961. The topological polar surface area (TPSA) is 75.7 Å². The molecule has 0 saturated carbocycles. The Kier molecular flexibility index (Phi) is 6.23. The number of benzene rings is 2. The number of alkyl halides is 3. The van der Waals surface area contributed by atoms with Crippen molar-refractivity contribution < 1.29 is 31.1 Å². The Balaban J connectivity index is 2.67. The van der Waals surface area contributed by atoms with Gasteiger partial charge in [0.1, 0.15) is 17.2 Å². The van der Waals surface area contributed by atoms with E-state index in [1.54, 1.807) is 13.0 Å². The summed E-state index contributed by atoms with van der Waals surface area (Å²) < 4.78 is 71.5. The number of nitrogens with one attached hydrogen (secondary N) is 1. The zero-order valence-electron chi connectivity index (χ0n) is 15.4. The highest BCUT2D eigenvalue weighted by molar-refractivity contribution is 7.93. The first-order chi connectivity index (χ1) is 13.0. The number of methoxy groups -OCH3 is 1. The molecule has 1 N–H and O–H groups in total. The summed E-state index contributed by atoms with van der Waals surface area (Å²) in [5.41, 5.74) is -0.719. The minimum absolute atomic E-state index is 0.0134. The number of aryl methyl sites for hydroxylation is 1. The highest BCUT2D eigenvalue weighted by atomic mass is 32.2. The Bertz CT molecular complexity index is 975. The molecule has 10 heteroatoms. The molecule has 0 unspecified atom stereocenters. The van der Waals surface area contributed by atoms with Crippen LogP contribution in [0.1, 0.15) is 11.1 Å². The van der Waals surface area contributed by atoms with Gasteiger partial charge in [-0.1, -0.05) is 12.1 Å². The first kappa shape index (κ1) is 21.5. The summed E-state index contributed by atoms with van der Waals surface area (Å²) in [6.07, 6.45) is -4.67. The molecule has 0 aliphatic rings. The van der Waals surface area contributed by atoms with Crippen LogP contribution >= 0.6 is 0 Å². The number of hydrogen-bond donors (Lipinski definition) is 1. The van der Waals surface area contributed by atoms with Gasteiger partial charge in [-0.15, -0.1) is 0 Å². The predicted molar refractivity (Wildman–Crippen MR) is 97.8 cm³/mol. The fourth-order valence-electron chi connectivity index (χ4n) is 2.47. The Hall–Kier alpha value is -2.75. The molecule has 0 heterocycles. The number of hydrogen-bond acceptors (Lipinski definition) is 4. The smallest absolute Gasteiger partial charge is 0.416 e. The maximum absolute atomic E-state index is 13.3. The van der Waals surface area contributed by atoms with Crippen molar-refractivity contribution in [2.75, 3.05) is 25.0 Å². The molecule has 2 aromatic rings. The van der Waals surface area contributed by atoms with E-state index in [1.165, 1.54) is 32.4 Å². The Morgan fingerprint density at radius 1 is 1.18 bits per heavy atom. The van der Waals surface area contributed by atoms with Crippen molar-refractivity contribution in [2.24, 2.45) is 0 Å². The highest BCUT2D eigenvalue weighted by Gasteiger charge is 2.34. The van der Waals surface area contributed by atoms with E-state index in [9.17, 15) is 26.4 Å². The number of sulfonamides is 1. The number of nitrogens with zero attached hydrogens (tertiary/aromatic N) is 1. The van der Waals surface area contributed by atoms with Crippen LogP contribution in [0.4, 0.5) is 18.9 Å². The van der Waals surface area contributed by atoms with Gasteiger partial charge in [0.15, 0.2) is 0 Å². The third-order valence-electron chi connectivity index (χ3n) is 3.91. The second-order valence-corrected chi connectivity index (χ2v) is 7.72. The number of halogens is 3. The summed E-state index contributed by atoms with van der Waals surface area (Å²) in [6, 6.07) is 8.18. The van der Waals surface area contributed by atoms with E-state index in [1.807, 2.05) is 0 Å². The van der Waals surface area contributed by atoms with Gasteiger partial charge >= 0.3 is 6.18 Å². The third kappa shape index (κ3) is 4.56. The van der Waals surface area contributed by atoms with E-state index >= 15 is 0 Å². The SMILES string of the molecule is CNC(=O)CN(c1cccc(C(F)(F)F)c1)S(=O)(=O)c1cc(C)ccc1OC. The van der Waals surface area contributed by atoms with Crippen LogP contribution in [0, 0.1) is 6.92 Å². The lowest BCUT2D eigenvalue weighted by atomic mass is 10.2. The van der Waals surface area contributed by atoms with Crippen molar-refractivity contribution in [3.8, 4) is 5.75 Å². The highest BCUT2D eigenvalue weighted by Crippen LogP contribution is 2.35. The van der Waals surface area contributed by atoms with E-state index in [0.717, 1.165) is 12.1 Å². The van der Waals surface area contributed by atoms with E-state index < -0.39 is 34.2 Å². The fraction of sp³-hybridized carbons (Fsp3) is 0.278. The van der Waals surface area contributed by atoms with Crippen molar-refractivity contribution in [3.63, 3.8) is 0 Å². The third-order valence-corrected chi connectivity index (χ3v) is 5.71. The van der Waals surface area contributed by atoms with E-state index in [0.29, 0.717) is 15.9 Å². The maximum atomic E-state index is 13.3. The molecular formula is C18H19F3N2O4S. The largest absolute Gasteiger partial charge is 0.495 e. The maximum Gasteiger partial charge on any atom is 0.416 e. The van der Waals surface area contributed by atoms with Crippen molar-refractivity contribution in [1.29, 1.82) is 0 Å². The summed E-state index contributed by atoms with van der Waals surface area (Å²) >= 11 is 0. The minimum Gasteiger partial charge on any atom is -0.495 e. The molecule has 0 fully saturated rings. The Labute approximate surface area is 161 Å². The number of ether oxygens (including phenoxy) is 1. The molecule has 0 aliphatic heterocycles. The van der Waals surface area contributed by atoms with Crippen molar-refractivity contribution in [3.05, 3.63) is 53.6 Å². The lowest BCUT2D eigenvalue weighted by Gasteiger charge is -2.25. The Morgan fingerprint density at radius 2 is 1.86 bits per heavy atom. The van der Waals surface area contributed by atoms with E-state index in [4.69, 9.17) is 4.74 Å². The summed E-state index contributed by atoms with van der Waals surface area (Å²) in [5.74, 6) is -0.674. The van der Waals surface area contributed by atoms with Crippen LogP contribution in [-0.4, -0.2) is 35.0 Å². The molecule has 0 spiro atoms. The van der Waals surface area contributed by atoms with Gasteiger partial charge < -0.3 is 10.1 Å². The lowest BCUT2D eigenvalue weighted by molar-refractivity contribution is -0.137. The molecule has 0 bridgehead atoms. The molecule has 0 radical (unpaired) electrons. The molecule has 152 valence electrons. The van der Waals surface area contributed by atoms with Gasteiger partial charge in [0.05, 0.1) is 18.4 Å². The first-order valence-electron chi connectivity index (χ1n) is 8.06. The monoisotopic (exact) mass is 416 g/mol. The van der Waals surface area contributed by atoms with Crippen LogP contribution in [0.25, 0.3) is 0 Å². The molecule has 2 rings (SSSR count). The van der Waals surface area contributed by atoms with Crippen LogP contribution < -0.4 is 14.4 Å². The average Bonchev–Trinajstić information content (AvgIpc) is 2.65. The molecule has 0 atom stereocenters. The quantitative estimate of drug-likeness (QED) is 0.786. The molecule has 28 heavy (non-hydrogen) atoms. The summed E-state index contributed by atoms with van der Waals surface area (Å²) in [7, 11) is -1.83. The van der Waals surface area contributed by atoms with Gasteiger partial charge in [-0.05, 0) is 42.8 Å². The second kappa shape index (κ2) is 8.09. The van der Waals surface area contributed by atoms with Crippen LogP contribution in [0.3, 0.4) is 0 Å². The van der Waals surface area contributed by atoms with Gasteiger partial charge in [-0.3, -0.25) is 9.10 Å². The molecule has 0 aromatic heterocycles. The zero-order valence-corrected chi connectivity index (χ0v) is 16.2. The van der Waals surface area contributed by atoms with E-state index in [2.05, 4.69) is 5.32 Å². The fourth-order valence-corrected chi connectivity index (χ4v) is 4.12. The number of carbonyl (C=O) groups excluding carboxylic acids is 1. The second-order valence-electron chi connectivity index (χ2n) is 5.89. The minimum atomic E-state index is -4.67. The molecule has 0 aliphatic carbocycles. The predicted octanol–water partition coefficient (Wildman–Crippen LogP) is 2.96. The number of carbonyl (C=O) groups is 1. The number of amides is 1. The number of anilines is 1. The van der Waals surface area contributed by atoms with Crippen LogP contribution in [0.2, 0.25) is 0 Å². The standard InChI is InChI=1S/C18H19F3N2O4S/c1-12-7-8-15(27-3)16(9-12)28(25,26)23(11-17(24)22-2)14-6-4-5-13(10-14)18(19,20)21/h4-10H,11H2,1-3H3,(H,22,24). The lowest BCUT2D eigenvalue weighted by Crippen LogP contribution is -2.40. The van der Waals surface area contributed by atoms with Crippen LogP contribution in [0.15, 0.2) is 47.4 Å². The summed E-state index contributed by atoms with van der Waals surface area (Å²) in [4.78, 5) is 11.7. The van der Waals surface area contributed by atoms with Gasteiger partial charge in [0.25, 0.3) is 10.0 Å². The molecule has 0 saturated heterocycles. The molecule has 6 nitrogen and oxygen atoms in total. The normalized spacial score (nSPS) is 11.8. The first-order valence-corrected chi connectivity index (χ1v) is 9.50. The number of rotatable bonds is 6. The molecule has 1 amide bonds. The van der Waals surface area contributed by atoms with Gasteiger partial charge in [0, 0.05) is 7.05 Å². The van der Waals surface area contributed by atoms with Crippen molar-refractivity contribution >= 4 is 21.6 Å². The average molecular weight is 416 g/mol. The van der Waals surface area contributed by atoms with Crippen LogP contribution in [-0.2, 0) is 21.0 Å². The van der Waals surface area contributed by atoms with Crippen LogP contribution in [0.5, 0.6) is 5.75 Å². The molecular weight excluding hydrogens is 397 g/mol. The van der Waals surface area contributed by atoms with Crippen molar-refractivity contribution in [1.82, 2.24) is 5.32 Å². The Morgan fingerprint density at radius 3 is 2.43 bits per heavy atom. The van der Waals surface area contributed by atoms with Crippen molar-refractivity contribution in [2.45, 2.75) is 18.0 Å². The van der Waals surface area contributed by atoms with E-state index in [-0.39, 0.29) is 16.3 Å². The summed E-state index contributed by atoms with van der Waals surface area (Å²) in [5, 5.41) is 2.28. The van der Waals surface area contributed by atoms with Gasteiger partial charge in [-0.25, -0.2) is 8.42 Å².